The molecule has 0 heterocycles. The summed E-state index contributed by atoms with van der Waals surface area (Å²) in [4.78, 5) is 40.7. The zero-order chi connectivity index (χ0) is 27.1. The second-order valence-electron chi connectivity index (χ2n) is 9.33. The molecule has 0 aliphatic heterocycles. The van der Waals surface area contributed by atoms with Crippen LogP contribution in [0.2, 0.25) is 0 Å². The monoisotopic (exact) mass is 515 g/mol. The van der Waals surface area contributed by atoms with Crippen molar-refractivity contribution in [2.45, 2.75) is 70.7 Å². The van der Waals surface area contributed by atoms with Gasteiger partial charge in [0, 0.05) is 6.04 Å². The summed E-state index contributed by atoms with van der Waals surface area (Å²) >= 11 is 0. The van der Waals surface area contributed by atoms with Gasteiger partial charge in [-0.15, -0.1) is 0 Å². The molecular formula is C23H37N3O8S. The predicted molar refractivity (Wildman–Crippen MR) is 129 cm³/mol. The molecule has 0 aliphatic rings. The smallest absolute Gasteiger partial charge is 0.328 e. The minimum absolute atomic E-state index is 0.0590. The van der Waals surface area contributed by atoms with Crippen molar-refractivity contribution in [1.29, 1.82) is 0 Å². The van der Waals surface area contributed by atoms with Crippen LogP contribution in [0, 0.1) is 17.3 Å². The van der Waals surface area contributed by atoms with Crippen LogP contribution in [-0.4, -0.2) is 59.2 Å². The van der Waals surface area contributed by atoms with Gasteiger partial charge >= 0.3 is 5.97 Å². The van der Waals surface area contributed by atoms with E-state index in [2.05, 4.69) is 0 Å². The van der Waals surface area contributed by atoms with Crippen molar-refractivity contribution in [3.8, 4) is 0 Å². The Morgan fingerprint density at radius 1 is 0.971 bits per heavy atom. The molecule has 0 radical (unpaired) electrons. The van der Waals surface area contributed by atoms with Gasteiger partial charge in [0.25, 0.3) is 10.1 Å². The van der Waals surface area contributed by atoms with Crippen LogP contribution in [0.1, 0.15) is 46.1 Å². The molecule has 4 unspecified atom stereocenters. The fraction of sp³-hybridized carbons (Fsp3) is 0.609. The van der Waals surface area contributed by atoms with Gasteiger partial charge in [-0.1, -0.05) is 51.1 Å². The van der Waals surface area contributed by atoms with E-state index in [1.165, 1.54) is 13.8 Å². The molecule has 1 aromatic carbocycles. The lowest BCUT2D eigenvalue weighted by molar-refractivity contribution is -0.171. The van der Waals surface area contributed by atoms with Crippen LogP contribution < -0.4 is 17.2 Å². The molecule has 1 aromatic rings. The highest BCUT2D eigenvalue weighted by Crippen LogP contribution is 2.38. The third-order valence-corrected chi connectivity index (χ3v) is 6.78. The van der Waals surface area contributed by atoms with E-state index in [-0.39, 0.29) is 18.9 Å². The fourth-order valence-corrected chi connectivity index (χ4v) is 4.59. The highest BCUT2D eigenvalue weighted by Gasteiger charge is 2.59. The van der Waals surface area contributed by atoms with E-state index in [1.54, 1.807) is 44.2 Å². The second kappa shape index (κ2) is 12.7. The van der Waals surface area contributed by atoms with Crippen molar-refractivity contribution in [3.05, 3.63) is 35.9 Å². The Balaban J connectivity index is 3.57. The third kappa shape index (κ3) is 7.63. The molecule has 0 spiro atoms. The van der Waals surface area contributed by atoms with E-state index in [4.69, 9.17) is 26.5 Å². The summed E-state index contributed by atoms with van der Waals surface area (Å²) < 4.78 is 37.3. The van der Waals surface area contributed by atoms with Gasteiger partial charge in [-0.3, -0.25) is 18.9 Å². The molecule has 0 saturated carbocycles. The van der Waals surface area contributed by atoms with E-state index in [1.807, 2.05) is 0 Å². The van der Waals surface area contributed by atoms with Crippen LogP contribution in [-0.2, 0) is 35.8 Å². The number of ketones is 2. The molecule has 12 heteroatoms. The summed E-state index contributed by atoms with van der Waals surface area (Å²) in [6.45, 7) is 5.96. The number of ether oxygens (including phenoxy) is 1. The standard InChI is InChI=1S/C23H37N3O8S/c1-13(2)10-17(25)20(28)23(19(27)15(4)24,14(3)11-18(26)21(29)35(31,32)33)22(30)34-12-16-8-6-5-7-9-16/h5-9,13-15,17-18,21,29H,10-12,24-26H2,1-4H3,(H,31,32,33)/t14?,15-,17-,18?,21?,23?/m0/s1. The number of aliphatic hydroxyl groups is 1. The molecule has 11 nitrogen and oxygen atoms in total. The Bertz CT molecular complexity index is 984. The Morgan fingerprint density at radius 3 is 1.97 bits per heavy atom. The number of Topliss-reactive ketones (excluding diaryl/α,β-unsaturated/α-hetero) is 2. The first kappa shape index (κ1) is 30.8. The molecule has 0 bridgehead atoms. The highest BCUT2D eigenvalue weighted by atomic mass is 32.2. The number of esters is 1. The van der Waals surface area contributed by atoms with Crippen LogP contribution in [0.15, 0.2) is 30.3 Å². The molecular weight excluding hydrogens is 478 g/mol. The molecule has 1 rings (SSSR count). The summed E-state index contributed by atoms with van der Waals surface area (Å²) in [6.07, 6.45) is -0.384. The molecule has 35 heavy (non-hydrogen) atoms. The van der Waals surface area contributed by atoms with Crippen LogP contribution >= 0.6 is 0 Å². The van der Waals surface area contributed by atoms with Gasteiger partial charge in [0.1, 0.15) is 6.61 Å². The lowest BCUT2D eigenvalue weighted by atomic mass is 9.64. The number of hydrogen-bond donors (Lipinski definition) is 5. The SMILES string of the molecule is CC(C)C[C@H](N)C(=O)C(C(=O)OCc1ccccc1)(C(=O)[C@H](C)N)C(C)CC(N)C(O)S(=O)(=O)O. The maximum Gasteiger partial charge on any atom is 0.328 e. The van der Waals surface area contributed by atoms with Crippen molar-refractivity contribution < 1.29 is 37.2 Å². The van der Waals surface area contributed by atoms with Crippen molar-refractivity contribution in [1.82, 2.24) is 0 Å². The Labute approximate surface area is 206 Å². The predicted octanol–water partition coefficient (Wildman–Crippen LogP) is 0.135. The van der Waals surface area contributed by atoms with E-state index in [9.17, 15) is 27.9 Å². The fourth-order valence-electron chi connectivity index (χ4n) is 4.04. The normalized spacial score (nSPS) is 18.1. The number of benzene rings is 1. The van der Waals surface area contributed by atoms with E-state index >= 15 is 0 Å². The van der Waals surface area contributed by atoms with Crippen molar-refractivity contribution in [2.75, 3.05) is 0 Å². The molecule has 0 aliphatic carbocycles. The minimum atomic E-state index is -4.95. The lowest BCUT2D eigenvalue weighted by Gasteiger charge is -2.38. The van der Waals surface area contributed by atoms with Gasteiger partial charge in [-0.05, 0) is 37.2 Å². The summed E-state index contributed by atoms with van der Waals surface area (Å²) in [6, 6.07) is 4.36. The van der Waals surface area contributed by atoms with Crippen LogP contribution in [0.3, 0.4) is 0 Å². The first-order valence-electron chi connectivity index (χ1n) is 11.3. The van der Waals surface area contributed by atoms with Gasteiger partial charge in [0.05, 0.1) is 12.1 Å². The number of nitrogens with two attached hydrogens (primary N) is 3. The van der Waals surface area contributed by atoms with Gasteiger partial charge < -0.3 is 27.0 Å². The highest BCUT2D eigenvalue weighted by molar-refractivity contribution is 7.86. The molecule has 6 atom stereocenters. The van der Waals surface area contributed by atoms with Crippen LogP contribution in [0.4, 0.5) is 0 Å². The minimum Gasteiger partial charge on any atom is -0.460 e. The zero-order valence-corrected chi connectivity index (χ0v) is 21.3. The molecule has 0 amide bonds. The first-order valence-corrected chi connectivity index (χ1v) is 12.8. The number of hydrogen-bond acceptors (Lipinski definition) is 10. The lowest BCUT2D eigenvalue weighted by Crippen LogP contribution is -2.61. The molecule has 198 valence electrons. The van der Waals surface area contributed by atoms with Gasteiger partial charge in [0.2, 0.25) is 0 Å². The maximum absolute atomic E-state index is 13.7. The summed E-state index contributed by atoms with van der Waals surface area (Å²) in [5, 5.41) is 9.88. The van der Waals surface area contributed by atoms with Gasteiger partial charge in [-0.2, -0.15) is 8.42 Å². The third-order valence-electron chi connectivity index (χ3n) is 5.82. The van der Waals surface area contributed by atoms with E-state index < -0.39 is 69.0 Å². The Kier molecular flexibility index (Phi) is 11.1. The molecule has 0 aromatic heterocycles. The average molecular weight is 516 g/mol. The number of carbonyl (C=O) groups excluding carboxylic acids is 3. The Hall–Kier alpha value is -2.22. The van der Waals surface area contributed by atoms with Gasteiger partial charge in [-0.25, -0.2) is 0 Å². The first-order chi connectivity index (χ1) is 16.1. The van der Waals surface area contributed by atoms with Gasteiger partial charge in [0.15, 0.2) is 22.4 Å². The summed E-state index contributed by atoms with van der Waals surface area (Å²) in [7, 11) is -4.95. The number of rotatable bonds is 14. The molecule has 0 saturated heterocycles. The van der Waals surface area contributed by atoms with Crippen molar-refractivity contribution in [2.24, 2.45) is 34.5 Å². The number of carbonyl (C=O) groups is 3. The topological polar surface area (TPSA) is 213 Å². The molecule has 0 fully saturated rings. The van der Waals surface area contributed by atoms with E-state index in [0.29, 0.717) is 5.56 Å². The largest absolute Gasteiger partial charge is 0.460 e. The maximum atomic E-state index is 13.7. The van der Waals surface area contributed by atoms with Crippen LogP contribution in [0.5, 0.6) is 0 Å². The Morgan fingerprint density at radius 2 is 1.51 bits per heavy atom. The van der Waals surface area contributed by atoms with Crippen molar-refractivity contribution >= 4 is 27.7 Å². The summed E-state index contributed by atoms with van der Waals surface area (Å²) in [5.41, 5.74) is 13.4. The van der Waals surface area contributed by atoms with E-state index in [0.717, 1.165) is 0 Å². The number of aliphatic hydroxyl groups excluding tert-OH is 1. The second-order valence-corrected chi connectivity index (χ2v) is 10.8. The van der Waals surface area contributed by atoms with Crippen molar-refractivity contribution in [3.63, 3.8) is 0 Å². The van der Waals surface area contributed by atoms with Crippen LogP contribution in [0.25, 0.3) is 0 Å². The summed E-state index contributed by atoms with van der Waals surface area (Å²) in [5.74, 6) is -4.46. The average Bonchev–Trinajstić information content (AvgIpc) is 2.76. The quantitative estimate of drug-likeness (QED) is 0.128. The zero-order valence-electron chi connectivity index (χ0n) is 20.5. The molecule has 8 N–H and O–H groups in total.